The Morgan fingerprint density at radius 2 is 2.23 bits per heavy atom. The average Bonchev–Trinajstić information content (AvgIpc) is 2.34. The van der Waals surface area contributed by atoms with Gasteiger partial charge in [0.1, 0.15) is 0 Å². The first-order valence-electron chi connectivity index (χ1n) is 3.29. The van der Waals surface area contributed by atoms with Crippen LogP contribution in [0, 0.1) is 0 Å². The molecule has 0 unspecified atom stereocenters. The van der Waals surface area contributed by atoms with Gasteiger partial charge in [-0.15, -0.1) is 0 Å². The molecule has 0 atom stereocenters. The molecule has 0 aliphatic rings. The minimum atomic E-state index is -3.53. The number of anilines is 1. The van der Waals surface area contributed by atoms with Gasteiger partial charge in [-0.25, -0.2) is 17.9 Å². The Labute approximate surface area is 75.0 Å². The van der Waals surface area contributed by atoms with Crippen molar-refractivity contribution >= 4 is 21.9 Å². The first-order chi connectivity index (χ1) is 5.97. The number of urea groups is 1. The zero-order valence-electron chi connectivity index (χ0n) is 6.77. The van der Waals surface area contributed by atoms with E-state index in [9.17, 15) is 13.2 Å². The maximum Gasteiger partial charge on any atom is 0.335 e. The molecule has 0 radical (unpaired) electrons. The van der Waals surface area contributed by atoms with Gasteiger partial charge in [-0.2, -0.15) is 0 Å². The summed E-state index contributed by atoms with van der Waals surface area (Å²) >= 11 is 0. The van der Waals surface area contributed by atoms with Crippen molar-refractivity contribution in [3.8, 4) is 0 Å². The summed E-state index contributed by atoms with van der Waals surface area (Å²) in [6, 6.07) is 2.20. The third-order valence-electron chi connectivity index (χ3n) is 1.04. The van der Waals surface area contributed by atoms with Crippen molar-refractivity contribution < 1.29 is 17.6 Å². The van der Waals surface area contributed by atoms with Gasteiger partial charge in [0.2, 0.25) is 15.9 Å². The summed E-state index contributed by atoms with van der Waals surface area (Å²) in [5.74, 6) is 0.182. The number of sulfonamides is 1. The van der Waals surface area contributed by atoms with E-state index in [1.807, 2.05) is 0 Å². The van der Waals surface area contributed by atoms with Crippen molar-refractivity contribution in [1.29, 1.82) is 0 Å². The summed E-state index contributed by atoms with van der Waals surface area (Å²) in [5, 5.41) is 2.18. The maximum absolute atomic E-state index is 10.9. The lowest BCUT2D eigenvalue weighted by Crippen LogP contribution is -2.33. The van der Waals surface area contributed by atoms with E-state index in [0.717, 1.165) is 6.26 Å². The number of hydrogen-bond donors (Lipinski definition) is 2. The summed E-state index contributed by atoms with van der Waals surface area (Å²) < 4.78 is 27.6. The molecule has 1 aromatic rings. The smallest absolute Gasteiger partial charge is 0.335 e. The highest BCUT2D eigenvalue weighted by atomic mass is 32.2. The number of amides is 2. The van der Waals surface area contributed by atoms with Crippen LogP contribution in [-0.2, 0) is 10.0 Å². The Balaban J connectivity index is 2.53. The van der Waals surface area contributed by atoms with Gasteiger partial charge in [-0.05, 0) is 6.07 Å². The highest BCUT2D eigenvalue weighted by molar-refractivity contribution is 7.89. The molecule has 0 saturated carbocycles. The number of nitrogens with one attached hydrogen (secondary N) is 2. The van der Waals surface area contributed by atoms with Gasteiger partial charge in [-0.1, -0.05) is 0 Å². The Morgan fingerprint density at radius 3 is 2.69 bits per heavy atom. The van der Waals surface area contributed by atoms with Gasteiger partial charge in [0.25, 0.3) is 0 Å². The fourth-order valence-corrected chi connectivity index (χ4v) is 1.04. The normalized spacial score (nSPS) is 10.8. The fourth-order valence-electron chi connectivity index (χ4n) is 0.655. The quantitative estimate of drug-likeness (QED) is 0.728. The lowest BCUT2D eigenvalue weighted by molar-refractivity contribution is 0.256. The zero-order chi connectivity index (χ0) is 9.90. The molecule has 1 heterocycles. The van der Waals surface area contributed by atoms with Crippen molar-refractivity contribution in [3.05, 3.63) is 18.4 Å². The van der Waals surface area contributed by atoms with Gasteiger partial charge < -0.3 is 4.42 Å². The molecule has 0 aromatic carbocycles. The Bertz CT molecular complexity index is 381. The molecule has 1 aromatic heterocycles. The second kappa shape index (κ2) is 3.48. The van der Waals surface area contributed by atoms with Crippen LogP contribution in [0.5, 0.6) is 0 Å². The lowest BCUT2D eigenvalue weighted by Gasteiger charge is -2.01. The molecule has 0 aliphatic heterocycles. The van der Waals surface area contributed by atoms with E-state index in [1.54, 1.807) is 10.8 Å². The van der Waals surface area contributed by atoms with Crippen molar-refractivity contribution in [3.63, 3.8) is 0 Å². The van der Waals surface area contributed by atoms with E-state index in [4.69, 9.17) is 4.42 Å². The van der Waals surface area contributed by atoms with Crippen molar-refractivity contribution in [2.45, 2.75) is 0 Å². The van der Waals surface area contributed by atoms with Crippen molar-refractivity contribution in [1.82, 2.24) is 4.72 Å². The Morgan fingerprint density at radius 1 is 1.54 bits per heavy atom. The zero-order valence-corrected chi connectivity index (χ0v) is 7.59. The molecule has 1 rings (SSSR count). The fraction of sp³-hybridized carbons (Fsp3) is 0.167. The predicted octanol–water partition coefficient (Wildman–Crippen LogP) is 0.361. The van der Waals surface area contributed by atoms with Crippen molar-refractivity contribution in [2.75, 3.05) is 11.6 Å². The van der Waals surface area contributed by atoms with Gasteiger partial charge in [0.15, 0.2) is 0 Å². The number of rotatable bonds is 2. The van der Waals surface area contributed by atoms with Crippen molar-refractivity contribution in [2.24, 2.45) is 0 Å². The maximum atomic E-state index is 10.9. The average molecular weight is 204 g/mol. The van der Waals surface area contributed by atoms with Gasteiger partial charge in [0.05, 0.1) is 12.5 Å². The molecular weight excluding hydrogens is 196 g/mol. The number of carbonyl (C=O) groups is 1. The summed E-state index contributed by atoms with van der Waals surface area (Å²) in [7, 11) is -3.53. The van der Waals surface area contributed by atoms with Gasteiger partial charge in [0, 0.05) is 6.07 Å². The van der Waals surface area contributed by atoms with Gasteiger partial charge in [-0.3, -0.25) is 5.32 Å². The largest absolute Gasteiger partial charge is 0.449 e. The summed E-state index contributed by atoms with van der Waals surface area (Å²) in [6.45, 7) is 0. The van der Waals surface area contributed by atoms with Crippen LogP contribution >= 0.6 is 0 Å². The van der Waals surface area contributed by atoms with Gasteiger partial charge >= 0.3 is 6.03 Å². The standard InChI is InChI=1S/C6H8N2O4S/c1-13(10,11)8-6(9)7-5-3-2-4-12-5/h2-4H,1H3,(H2,7,8,9). The first kappa shape index (κ1) is 9.59. The van der Waals surface area contributed by atoms with Crippen LogP contribution < -0.4 is 10.0 Å². The molecule has 7 heteroatoms. The van der Waals surface area contributed by atoms with E-state index in [2.05, 4.69) is 5.32 Å². The predicted molar refractivity (Wildman–Crippen MR) is 45.7 cm³/mol. The minimum Gasteiger partial charge on any atom is -0.449 e. The Kier molecular flexibility index (Phi) is 2.57. The number of carbonyl (C=O) groups excluding carboxylic acids is 1. The third-order valence-corrected chi connectivity index (χ3v) is 1.59. The van der Waals surface area contributed by atoms with E-state index in [1.165, 1.54) is 12.3 Å². The second-order valence-corrected chi connectivity index (χ2v) is 4.05. The first-order valence-corrected chi connectivity index (χ1v) is 5.19. The number of furan rings is 1. The van der Waals surface area contributed by atoms with Crippen LogP contribution in [-0.4, -0.2) is 20.7 Å². The molecule has 13 heavy (non-hydrogen) atoms. The highest BCUT2D eigenvalue weighted by Gasteiger charge is 2.08. The molecular formula is C6H8N2O4S. The summed E-state index contributed by atoms with van der Waals surface area (Å²) in [6.07, 6.45) is 2.24. The Hall–Kier alpha value is -1.50. The van der Waals surface area contributed by atoms with Crippen LogP contribution in [0.15, 0.2) is 22.8 Å². The van der Waals surface area contributed by atoms with Crippen LogP contribution in [0.2, 0.25) is 0 Å². The molecule has 0 bridgehead atoms. The molecule has 6 nitrogen and oxygen atoms in total. The monoisotopic (exact) mass is 204 g/mol. The molecule has 0 spiro atoms. The molecule has 0 aliphatic carbocycles. The molecule has 72 valence electrons. The molecule has 0 fully saturated rings. The molecule has 2 N–H and O–H groups in total. The topological polar surface area (TPSA) is 88.4 Å². The third kappa shape index (κ3) is 3.61. The highest BCUT2D eigenvalue weighted by Crippen LogP contribution is 2.05. The van der Waals surface area contributed by atoms with Crippen LogP contribution in [0.1, 0.15) is 0 Å². The minimum absolute atomic E-state index is 0.182. The van der Waals surface area contributed by atoms with E-state index >= 15 is 0 Å². The summed E-state index contributed by atoms with van der Waals surface area (Å²) in [5.41, 5.74) is 0. The van der Waals surface area contributed by atoms with E-state index < -0.39 is 16.1 Å². The van der Waals surface area contributed by atoms with E-state index in [0.29, 0.717) is 0 Å². The van der Waals surface area contributed by atoms with Crippen LogP contribution in [0.3, 0.4) is 0 Å². The second-order valence-electron chi connectivity index (χ2n) is 2.31. The van der Waals surface area contributed by atoms with Crippen LogP contribution in [0.4, 0.5) is 10.7 Å². The van der Waals surface area contributed by atoms with Crippen LogP contribution in [0.25, 0.3) is 0 Å². The number of hydrogen-bond acceptors (Lipinski definition) is 4. The van der Waals surface area contributed by atoms with E-state index in [-0.39, 0.29) is 5.88 Å². The lowest BCUT2D eigenvalue weighted by atomic mass is 10.6. The summed E-state index contributed by atoms with van der Waals surface area (Å²) in [4.78, 5) is 10.9. The molecule has 2 amide bonds. The SMILES string of the molecule is CS(=O)(=O)NC(=O)Nc1ccco1. The molecule has 0 saturated heterocycles.